The molecule has 0 amide bonds. The number of para-hydroxylation sites is 1. The highest BCUT2D eigenvalue weighted by Crippen LogP contribution is 2.35. The van der Waals surface area contributed by atoms with E-state index in [-0.39, 0.29) is 24.7 Å². The smallest absolute Gasteiger partial charge is 0.341 e. The molecule has 0 spiro atoms. The first kappa shape index (κ1) is 18.1. The lowest BCUT2D eigenvalue weighted by molar-refractivity contribution is -0.139. The Morgan fingerprint density at radius 3 is 2.67 bits per heavy atom. The normalized spacial score (nSPS) is 10.5. The number of rotatable bonds is 7. The van der Waals surface area contributed by atoms with Gasteiger partial charge in [-0.1, -0.05) is 18.2 Å². The molecule has 1 N–H and O–H groups in total. The van der Waals surface area contributed by atoms with Gasteiger partial charge in [-0.2, -0.15) is 5.26 Å². The zero-order valence-electron chi connectivity index (χ0n) is 14.5. The van der Waals surface area contributed by atoms with Crippen LogP contribution in [0.25, 0.3) is 16.4 Å². The minimum Gasteiger partial charge on any atom is -0.479 e. The highest BCUT2D eigenvalue weighted by atomic mass is 16.5. The average molecular weight is 368 g/mol. The molecule has 8 nitrogen and oxygen atoms in total. The lowest BCUT2D eigenvalue weighted by Gasteiger charge is -2.12. The van der Waals surface area contributed by atoms with Crippen molar-refractivity contribution in [3.8, 4) is 17.6 Å². The van der Waals surface area contributed by atoms with E-state index in [2.05, 4.69) is 0 Å². The number of nitrogens with zero attached hydrogens (tertiary/aromatic N) is 2. The summed E-state index contributed by atoms with van der Waals surface area (Å²) >= 11 is 0. The van der Waals surface area contributed by atoms with Gasteiger partial charge in [-0.05, 0) is 13.0 Å². The van der Waals surface area contributed by atoms with Crippen LogP contribution in [0.2, 0.25) is 0 Å². The van der Waals surface area contributed by atoms with Crippen LogP contribution < -0.4 is 9.47 Å². The second-order valence-corrected chi connectivity index (χ2v) is 5.50. The Kier molecular flexibility index (Phi) is 5.13. The molecule has 0 saturated carbocycles. The van der Waals surface area contributed by atoms with Gasteiger partial charge in [-0.15, -0.1) is 0 Å². The average Bonchev–Trinajstić information content (AvgIpc) is 2.97. The molecular weight excluding hydrogens is 352 g/mol. The second kappa shape index (κ2) is 7.66. The van der Waals surface area contributed by atoms with Crippen molar-refractivity contribution < 1.29 is 28.9 Å². The number of carboxylic acids is 1. The first-order valence-electron chi connectivity index (χ1n) is 8.15. The van der Waals surface area contributed by atoms with E-state index in [1.807, 2.05) is 18.2 Å². The van der Waals surface area contributed by atoms with Crippen molar-refractivity contribution >= 4 is 28.4 Å². The fourth-order valence-electron chi connectivity index (χ4n) is 2.83. The number of carboxylic acid groups (broad SMARTS) is 1. The maximum atomic E-state index is 12.5. The minimum absolute atomic E-state index is 0.119. The topological polar surface area (TPSA) is 110 Å². The van der Waals surface area contributed by atoms with Crippen molar-refractivity contribution in [1.29, 1.82) is 5.26 Å². The number of carbonyl (C=O) groups is 2. The number of nitriles is 1. The summed E-state index contributed by atoms with van der Waals surface area (Å²) in [4.78, 5) is 23.4. The quantitative estimate of drug-likeness (QED) is 0.638. The summed E-state index contributed by atoms with van der Waals surface area (Å²) in [7, 11) is 0. The molecule has 0 aliphatic carbocycles. The van der Waals surface area contributed by atoms with Crippen LogP contribution in [-0.4, -0.2) is 41.3 Å². The molecule has 0 unspecified atom stereocenters. The van der Waals surface area contributed by atoms with Crippen molar-refractivity contribution in [3.05, 3.63) is 42.1 Å². The van der Waals surface area contributed by atoms with Gasteiger partial charge in [-0.25, -0.2) is 9.59 Å². The number of hydrogen-bond acceptors (Lipinski definition) is 6. The summed E-state index contributed by atoms with van der Waals surface area (Å²) in [6, 6.07) is 10.6. The Hall–Kier alpha value is -3.73. The second-order valence-electron chi connectivity index (χ2n) is 5.50. The molecule has 1 aromatic carbocycles. The van der Waals surface area contributed by atoms with E-state index in [0.717, 1.165) is 5.52 Å². The first-order chi connectivity index (χ1) is 13.1. The number of esters is 1. The Balaban J connectivity index is 2.26. The first-order valence-corrected chi connectivity index (χ1v) is 8.15. The van der Waals surface area contributed by atoms with Gasteiger partial charge in [0, 0.05) is 11.5 Å². The maximum Gasteiger partial charge on any atom is 0.341 e. The van der Waals surface area contributed by atoms with E-state index < -0.39 is 18.5 Å². The van der Waals surface area contributed by atoms with Crippen LogP contribution in [0.15, 0.2) is 36.5 Å². The summed E-state index contributed by atoms with van der Waals surface area (Å²) < 4.78 is 17.6. The highest BCUT2D eigenvalue weighted by molar-refractivity contribution is 6.12. The summed E-state index contributed by atoms with van der Waals surface area (Å²) in [6.45, 7) is 1.11. The number of hydrogen-bond donors (Lipinski definition) is 1. The van der Waals surface area contributed by atoms with Gasteiger partial charge in [0.25, 0.3) is 0 Å². The molecule has 27 heavy (non-hydrogen) atoms. The molecule has 2 aromatic heterocycles. The highest BCUT2D eigenvalue weighted by Gasteiger charge is 2.22. The van der Waals surface area contributed by atoms with Gasteiger partial charge in [0.2, 0.25) is 0 Å². The lowest BCUT2D eigenvalue weighted by Crippen LogP contribution is -2.11. The Bertz CT molecular complexity index is 1060. The van der Waals surface area contributed by atoms with Crippen LogP contribution in [0, 0.1) is 11.3 Å². The third-order valence-corrected chi connectivity index (χ3v) is 3.83. The summed E-state index contributed by atoms with van der Waals surface area (Å²) in [5.41, 5.74) is 1.57. The van der Waals surface area contributed by atoms with Crippen molar-refractivity contribution in [2.45, 2.75) is 6.92 Å². The van der Waals surface area contributed by atoms with E-state index in [1.165, 1.54) is 6.07 Å². The molecule has 8 heteroatoms. The van der Waals surface area contributed by atoms with E-state index in [9.17, 15) is 9.59 Å². The van der Waals surface area contributed by atoms with Crippen molar-refractivity contribution in [3.63, 3.8) is 0 Å². The zero-order chi connectivity index (χ0) is 19.4. The summed E-state index contributed by atoms with van der Waals surface area (Å²) in [5.74, 6) is -1.34. The van der Waals surface area contributed by atoms with Gasteiger partial charge in [0.15, 0.2) is 24.7 Å². The number of fused-ring (bicyclic) bond motifs is 3. The molecule has 3 aromatic rings. The monoisotopic (exact) mass is 368 g/mol. The molecule has 0 aliphatic heterocycles. The predicted molar refractivity (Wildman–Crippen MR) is 95.1 cm³/mol. The van der Waals surface area contributed by atoms with Gasteiger partial charge in [0.05, 0.1) is 29.4 Å². The van der Waals surface area contributed by atoms with Crippen molar-refractivity contribution in [1.82, 2.24) is 4.40 Å². The summed E-state index contributed by atoms with van der Waals surface area (Å²) in [6.07, 6.45) is 1.56. The number of pyridine rings is 1. The molecular formula is C19H16N2O6. The van der Waals surface area contributed by atoms with Crippen LogP contribution in [-0.2, 0) is 9.53 Å². The fourth-order valence-corrected chi connectivity index (χ4v) is 2.83. The van der Waals surface area contributed by atoms with Gasteiger partial charge >= 0.3 is 11.9 Å². The van der Waals surface area contributed by atoms with Crippen LogP contribution in [0.5, 0.6) is 11.5 Å². The van der Waals surface area contributed by atoms with Crippen LogP contribution in [0.4, 0.5) is 0 Å². The zero-order valence-corrected chi connectivity index (χ0v) is 14.5. The Labute approximate surface area is 154 Å². The van der Waals surface area contributed by atoms with E-state index >= 15 is 0 Å². The number of ether oxygens (including phenoxy) is 3. The fraction of sp³-hybridized carbons (Fsp3) is 0.211. The van der Waals surface area contributed by atoms with E-state index in [0.29, 0.717) is 16.5 Å². The maximum absolute atomic E-state index is 12.5. The van der Waals surface area contributed by atoms with Gasteiger partial charge in [-0.3, -0.25) is 0 Å². The Morgan fingerprint density at radius 2 is 1.96 bits per heavy atom. The van der Waals surface area contributed by atoms with Gasteiger partial charge in [0.1, 0.15) is 6.07 Å². The lowest BCUT2D eigenvalue weighted by atomic mass is 10.1. The molecule has 138 valence electrons. The standard InChI is InChI=1S/C19H16N2O6/c1-2-25-19(24)18-12-5-3-4-6-13(12)21-10-16(26-8-7-20)15(9-14(18)21)27-11-17(22)23/h3-6,9-10H,2,8,11H2,1H3,(H,22,23). The molecule has 0 aliphatic rings. The summed E-state index contributed by atoms with van der Waals surface area (Å²) in [5, 5.41) is 18.3. The van der Waals surface area contributed by atoms with Crippen molar-refractivity contribution in [2.24, 2.45) is 0 Å². The number of benzene rings is 1. The van der Waals surface area contributed by atoms with E-state index in [4.69, 9.17) is 24.6 Å². The third kappa shape index (κ3) is 3.48. The molecule has 0 saturated heterocycles. The van der Waals surface area contributed by atoms with Crippen LogP contribution in [0.3, 0.4) is 0 Å². The van der Waals surface area contributed by atoms with Crippen molar-refractivity contribution in [2.75, 3.05) is 19.8 Å². The largest absolute Gasteiger partial charge is 0.479 e. The molecule has 2 heterocycles. The molecule has 3 rings (SSSR count). The van der Waals surface area contributed by atoms with Gasteiger partial charge < -0.3 is 23.7 Å². The molecule has 0 bridgehead atoms. The third-order valence-electron chi connectivity index (χ3n) is 3.83. The number of carbonyl (C=O) groups excluding carboxylic acids is 1. The predicted octanol–water partition coefficient (Wildman–Crippen LogP) is 2.63. The SMILES string of the molecule is CCOC(=O)c1c2ccccc2n2cc(OCC#N)c(OCC(=O)O)cc12. The number of aromatic nitrogens is 1. The minimum atomic E-state index is -1.16. The molecule has 0 fully saturated rings. The van der Waals surface area contributed by atoms with E-state index in [1.54, 1.807) is 29.7 Å². The van der Waals surface area contributed by atoms with Crippen LogP contribution >= 0.6 is 0 Å². The van der Waals surface area contributed by atoms with Crippen LogP contribution in [0.1, 0.15) is 17.3 Å². The molecule has 0 atom stereocenters. The Morgan fingerprint density at radius 1 is 1.19 bits per heavy atom. The number of aliphatic carboxylic acids is 1. The molecule has 0 radical (unpaired) electrons.